The van der Waals surface area contributed by atoms with Gasteiger partial charge >= 0.3 is 0 Å². The van der Waals surface area contributed by atoms with Crippen molar-refractivity contribution in [3.05, 3.63) is 180 Å². The van der Waals surface area contributed by atoms with Crippen LogP contribution >= 0.6 is 0 Å². The molecular weight excluding hydrogens is 611 g/mol. The molecule has 50 heavy (non-hydrogen) atoms. The van der Waals surface area contributed by atoms with Crippen LogP contribution in [0, 0.1) is 24.5 Å². The van der Waals surface area contributed by atoms with Crippen molar-refractivity contribution >= 4 is 55.0 Å². The normalized spacial score (nSPS) is 11.1. The van der Waals surface area contributed by atoms with Crippen molar-refractivity contribution in [1.29, 1.82) is 5.26 Å². The quantitative estimate of drug-likeness (QED) is 0.177. The molecule has 0 aliphatic rings. The van der Waals surface area contributed by atoms with E-state index in [0.717, 1.165) is 77.2 Å². The number of benzene rings is 7. The van der Waals surface area contributed by atoms with E-state index in [0.29, 0.717) is 16.9 Å². The minimum absolute atomic E-state index is 0.559. The maximum Gasteiger partial charge on any atom is 0.211 e. The van der Waals surface area contributed by atoms with Gasteiger partial charge in [-0.25, -0.2) is 9.69 Å². The van der Waals surface area contributed by atoms with E-state index in [1.807, 2.05) is 72.8 Å². The molecule has 0 unspecified atom stereocenters. The van der Waals surface area contributed by atoms with Crippen LogP contribution in [0.3, 0.4) is 0 Å². The Kier molecular flexibility index (Phi) is 6.56. The zero-order chi connectivity index (χ0) is 33.8. The first-order chi connectivity index (χ1) is 24.7. The lowest BCUT2D eigenvalue weighted by atomic mass is 9.98. The lowest BCUT2D eigenvalue weighted by molar-refractivity contribution is 1.18. The van der Waals surface area contributed by atoms with Crippen LogP contribution in [0.1, 0.15) is 5.56 Å². The molecule has 7 aromatic carbocycles. The summed E-state index contributed by atoms with van der Waals surface area (Å²) in [5, 5.41) is 13.8. The molecule has 5 nitrogen and oxygen atoms in total. The van der Waals surface area contributed by atoms with Gasteiger partial charge in [-0.2, -0.15) is 5.26 Å². The Morgan fingerprint density at radius 1 is 0.480 bits per heavy atom. The number of nitriles is 1. The topological polar surface area (TPSA) is 42.4 Å². The van der Waals surface area contributed by atoms with E-state index >= 15 is 0 Å². The summed E-state index contributed by atoms with van der Waals surface area (Å²) in [5.74, 6) is 0. The summed E-state index contributed by atoms with van der Waals surface area (Å²) >= 11 is 0. The van der Waals surface area contributed by atoms with Gasteiger partial charge in [-0.1, -0.05) is 97.1 Å². The molecule has 2 heterocycles. The SMILES string of the molecule is [C-]#[N+]c1ccc2c(c1)c1ccccc1n2-c1c([N+]#[C-])cccc1-c1ccc(-c2cccc(-n3c4ccccc4c4cc(C#N)ccc43)c2)cc1. The van der Waals surface area contributed by atoms with Crippen molar-refractivity contribution in [1.82, 2.24) is 9.13 Å². The van der Waals surface area contributed by atoms with Crippen molar-refractivity contribution in [3.8, 4) is 39.7 Å². The van der Waals surface area contributed by atoms with Gasteiger partial charge in [0.25, 0.3) is 0 Å². The highest BCUT2D eigenvalue weighted by molar-refractivity contribution is 6.12. The van der Waals surface area contributed by atoms with Gasteiger partial charge in [0, 0.05) is 21.8 Å². The van der Waals surface area contributed by atoms with E-state index < -0.39 is 0 Å². The molecular formula is C45H25N5. The molecule has 0 saturated heterocycles. The highest BCUT2D eigenvalue weighted by Gasteiger charge is 2.19. The summed E-state index contributed by atoms with van der Waals surface area (Å²) in [5.41, 5.74) is 11.9. The molecule has 0 atom stereocenters. The van der Waals surface area contributed by atoms with Crippen LogP contribution in [0.2, 0.25) is 0 Å². The Morgan fingerprint density at radius 2 is 1.12 bits per heavy atom. The summed E-state index contributed by atoms with van der Waals surface area (Å²) in [6.45, 7) is 15.7. The molecule has 0 fully saturated rings. The van der Waals surface area contributed by atoms with Crippen LogP contribution in [0.25, 0.3) is 86.9 Å². The summed E-state index contributed by atoms with van der Waals surface area (Å²) in [6.07, 6.45) is 0. The zero-order valence-electron chi connectivity index (χ0n) is 26.7. The number of rotatable bonds is 4. The largest absolute Gasteiger partial charge is 0.318 e. The molecule has 9 rings (SSSR count). The van der Waals surface area contributed by atoms with E-state index in [1.165, 1.54) is 0 Å². The molecule has 0 spiro atoms. The molecule has 0 saturated carbocycles. The van der Waals surface area contributed by atoms with Crippen molar-refractivity contribution in [2.24, 2.45) is 0 Å². The van der Waals surface area contributed by atoms with Gasteiger partial charge < -0.3 is 9.13 Å². The number of hydrogen-bond donors (Lipinski definition) is 0. The third-order valence-electron chi connectivity index (χ3n) is 9.58. The van der Waals surface area contributed by atoms with E-state index in [4.69, 9.17) is 13.1 Å². The average Bonchev–Trinajstić information content (AvgIpc) is 3.69. The molecule has 2 aromatic heterocycles. The van der Waals surface area contributed by atoms with Gasteiger partial charge in [0.2, 0.25) is 5.69 Å². The molecule has 0 aliphatic carbocycles. The van der Waals surface area contributed by atoms with E-state index in [9.17, 15) is 5.26 Å². The minimum Gasteiger partial charge on any atom is -0.318 e. The molecule has 5 heteroatoms. The first kappa shape index (κ1) is 28.8. The molecule has 9 aromatic rings. The summed E-state index contributed by atoms with van der Waals surface area (Å²) in [6, 6.07) is 53.4. The lowest BCUT2D eigenvalue weighted by Crippen LogP contribution is -1.98. The fourth-order valence-electron chi connectivity index (χ4n) is 7.35. The fourth-order valence-corrected chi connectivity index (χ4v) is 7.35. The summed E-state index contributed by atoms with van der Waals surface area (Å²) in [4.78, 5) is 7.65. The maximum absolute atomic E-state index is 9.56. The molecule has 0 amide bonds. The first-order valence-corrected chi connectivity index (χ1v) is 16.2. The number of aromatic nitrogens is 2. The van der Waals surface area contributed by atoms with Crippen molar-refractivity contribution in [2.45, 2.75) is 0 Å². The first-order valence-electron chi connectivity index (χ1n) is 16.2. The second-order valence-corrected chi connectivity index (χ2v) is 12.3. The van der Waals surface area contributed by atoms with Gasteiger partial charge in [0.05, 0.1) is 52.5 Å². The van der Waals surface area contributed by atoms with Crippen molar-refractivity contribution in [3.63, 3.8) is 0 Å². The predicted molar refractivity (Wildman–Crippen MR) is 203 cm³/mol. The average molecular weight is 636 g/mol. The van der Waals surface area contributed by atoms with E-state index in [1.54, 1.807) is 0 Å². The van der Waals surface area contributed by atoms with E-state index in [-0.39, 0.29) is 0 Å². The maximum atomic E-state index is 9.56. The lowest BCUT2D eigenvalue weighted by Gasteiger charge is -2.16. The third kappa shape index (κ3) is 4.38. The fraction of sp³-hybridized carbons (Fsp3) is 0. The van der Waals surface area contributed by atoms with E-state index in [2.05, 4.69) is 104 Å². The van der Waals surface area contributed by atoms with Gasteiger partial charge in [-0.3, -0.25) is 0 Å². The summed E-state index contributed by atoms with van der Waals surface area (Å²) < 4.78 is 4.43. The minimum atomic E-state index is 0.559. The Hall–Kier alpha value is -7.39. The highest BCUT2D eigenvalue weighted by atomic mass is 15.0. The van der Waals surface area contributed by atoms with Crippen LogP contribution in [0.15, 0.2) is 152 Å². The molecule has 0 N–H and O–H groups in total. The van der Waals surface area contributed by atoms with Gasteiger partial charge in [0.15, 0.2) is 5.69 Å². The Bertz CT molecular complexity index is 2960. The standard InChI is InChI=1S/C45H25N5/c1-47-33-22-24-44-39(27-33)37-12-4-6-16-42(37)50(44)45-35(13-8-14-40(45)48-2)31-20-18-30(19-21-31)32-9-7-10-34(26-32)49-41-15-5-3-11-36(41)38-25-29(28-46)17-23-43(38)49/h3-27H. The molecule has 0 radical (unpaired) electrons. The molecule has 0 aliphatic heterocycles. The van der Waals surface area contributed by atoms with Crippen LogP contribution in [0.5, 0.6) is 0 Å². The van der Waals surface area contributed by atoms with Crippen LogP contribution in [0.4, 0.5) is 11.4 Å². The third-order valence-corrected chi connectivity index (χ3v) is 9.58. The van der Waals surface area contributed by atoms with Crippen LogP contribution < -0.4 is 0 Å². The van der Waals surface area contributed by atoms with Crippen molar-refractivity contribution < 1.29 is 0 Å². The summed E-state index contributed by atoms with van der Waals surface area (Å²) in [7, 11) is 0. The number of para-hydroxylation sites is 3. The Morgan fingerprint density at radius 3 is 1.86 bits per heavy atom. The van der Waals surface area contributed by atoms with Gasteiger partial charge in [-0.15, -0.1) is 0 Å². The molecule has 0 bridgehead atoms. The highest BCUT2D eigenvalue weighted by Crippen LogP contribution is 2.42. The predicted octanol–water partition coefficient (Wildman–Crippen LogP) is 12.2. The monoisotopic (exact) mass is 635 g/mol. The smallest absolute Gasteiger partial charge is 0.211 e. The molecule has 230 valence electrons. The Labute approximate surface area is 288 Å². The zero-order valence-corrected chi connectivity index (χ0v) is 26.7. The van der Waals surface area contributed by atoms with Crippen molar-refractivity contribution in [2.75, 3.05) is 0 Å². The number of hydrogen-bond acceptors (Lipinski definition) is 1. The van der Waals surface area contributed by atoms with Crippen LogP contribution in [-0.4, -0.2) is 9.13 Å². The Balaban J connectivity index is 1.17. The second-order valence-electron chi connectivity index (χ2n) is 12.3. The second kappa shape index (κ2) is 11.4. The number of fused-ring (bicyclic) bond motifs is 6. The van der Waals surface area contributed by atoms with Crippen LogP contribution in [-0.2, 0) is 0 Å². The van der Waals surface area contributed by atoms with Gasteiger partial charge in [-0.05, 0) is 82.2 Å². The number of nitrogens with zero attached hydrogens (tertiary/aromatic N) is 5. The van der Waals surface area contributed by atoms with Gasteiger partial charge in [0.1, 0.15) is 0 Å².